The van der Waals surface area contributed by atoms with E-state index in [0.29, 0.717) is 6.04 Å². The molecule has 1 saturated heterocycles. The van der Waals surface area contributed by atoms with Crippen LogP contribution in [0.4, 0.5) is 0 Å². The number of rotatable bonds is 5. The van der Waals surface area contributed by atoms with E-state index < -0.39 is 0 Å². The van der Waals surface area contributed by atoms with Crippen LogP contribution in [0.25, 0.3) is 0 Å². The van der Waals surface area contributed by atoms with Crippen LogP contribution in [-0.4, -0.2) is 49.6 Å². The quantitative estimate of drug-likeness (QED) is 0.880. The van der Waals surface area contributed by atoms with Crippen LogP contribution in [0.3, 0.4) is 0 Å². The number of furan rings is 1. The lowest BCUT2D eigenvalue weighted by atomic mass is 10.1. The molecular weight excluding hydrogens is 238 g/mol. The number of nitrogens with zero attached hydrogens (tertiary/aromatic N) is 2. The zero-order valence-corrected chi connectivity index (χ0v) is 12.7. The third-order valence-corrected chi connectivity index (χ3v) is 4.12. The van der Waals surface area contributed by atoms with Crippen LogP contribution in [0.1, 0.15) is 30.4 Å². The van der Waals surface area contributed by atoms with E-state index >= 15 is 0 Å². The third kappa shape index (κ3) is 3.59. The van der Waals surface area contributed by atoms with Gasteiger partial charge in [-0.2, -0.15) is 0 Å². The van der Waals surface area contributed by atoms with Gasteiger partial charge in [-0.3, -0.25) is 4.90 Å². The molecule has 1 aromatic rings. The van der Waals surface area contributed by atoms with Crippen molar-refractivity contribution in [2.24, 2.45) is 0 Å². The van der Waals surface area contributed by atoms with E-state index in [-0.39, 0.29) is 0 Å². The fraction of sp³-hybridized carbons (Fsp3) is 0.733. The molecule has 0 amide bonds. The molecule has 108 valence electrons. The fourth-order valence-corrected chi connectivity index (χ4v) is 2.82. The number of piperazine rings is 1. The molecule has 0 radical (unpaired) electrons. The van der Waals surface area contributed by atoms with Crippen LogP contribution < -0.4 is 5.32 Å². The van der Waals surface area contributed by atoms with Gasteiger partial charge in [-0.1, -0.05) is 6.92 Å². The minimum Gasteiger partial charge on any atom is -0.463 e. The number of nitrogens with one attached hydrogen (secondary N) is 1. The van der Waals surface area contributed by atoms with E-state index in [1.54, 1.807) is 0 Å². The topological polar surface area (TPSA) is 31.6 Å². The third-order valence-electron chi connectivity index (χ3n) is 4.12. The lowest BCUT2D eigenvalue weighted by Crippen LogP contribution is -2.50. The van der Waals surface area contributed by atoms with E-state index in [1.807, 2.05) is 7.05 Å². The number of hydrogen-bond acceptors (Lipinski definition) is 4. The van der Waals surface area contributed by atoms with Crippen molar-refractivity contribution < 1.29 is 4.42 Å². The van der Waals surface area contributed by atoms with Gasteiger partial charge in [0.1, 0.15) is 11.5 Å². The molecule has 1 unspecified atom stereocenters. The average molecular weight is 265 g/mol. The Morgan fingerprint density at radius 1 is 1.42 bits per heavy atom. The van der Waals surface area contributed by atoms with Crippen LogP contribution in [0.2, 0.25) is 0 Å². The summed E-state index contributed by atoms with van der Waals surface area (Å²) in [6.45, 7) is 9.58. The molecule has 4 nitrogen and oxygen atoms in total. The highest BCUT2D eigenvalue weighted by atomic mass is 16.3. The summed E-state index contributed by atoms with van der Waals surface area (Å²) < 4.78 is 5.94. The van der Waals surface area contributed by atoms with Crippen LogP contribution >= 0.6 is 0 Å². The van der Waals surface area contributed by atoms with Crippen molar-refractivity contribution >= 4 is 0 Å². The molecule has 1 aromatic heterocycles. The smallest absolute Gasteiger partial charge is 0.120 e. The molecule has 1 fully saturated rings. The first-order valence-electron chi connectivity index (χ1n) is 7.29. The summed E-state index contributed by atoms with van der Waals surface area (Å²) in [5, 5.41) is 3.15. The number of hydrogen-bond donors (Lipinski definition) is 1. The SMILES string of the molecule is CCC1CN(Cc2cc(C)c(CNC)o2)CCN1C. The number of likely N-dealkylation sites (N-methyl/N-ethyl adjacent to an activating group) is 1. The summed E-state index contributed by atoms with van der Waals surface area (Å²) in [6.07, 6.45) is 1.22. The predicted molar refractivity (Wildman–Crippen MR) is 78.2 cm³/mol. The van der Waals surface area contributed by atoms with Crippen LogP contribution in [-0.2, 0) is 13.1 Å². The van der Waals surface area contributed by atoms with Crippen LogP contribution in [0, 0.1) is 6.92 Å². The molecule has 1 atom stereocenters. The van der Waals surface area contributed by atoms with E-state index in [2.05, 4.69) is 42.1 Å². The van der Waals surface area contributed by atoms with Gasteiger partial charge in [0.15, 0.2) is 0 Å². The maximum atomic E-state index is 5.94. The first-order chi connectivity index (χ1) is 9.13. The average Bonchev–Trinajstić information content (AvgIpc) is 2.73. The highest BCUT2D eigenvalue weighted by molar-refractivity contribution is 5.20. The Kier molecular flexibility index (Phi) is 5.02. The second kappa shape index (κ2) is 6.55. The van der Waals surface area contributed by atoms with E-state index in [9.17, 15) is 0 Å². The van der Waals surface area contributed by atoms with Gasteiger partial charge in [0.2, 0.25) is 0 Å². The van der Waals surface area contributed by atoms with Crippen molar-refractivity contribution in [3.05, 3.63) is 23.2 Å². The normalized spacial score (nSPS) is 22.0. The van der Waals surface area contributed by atoms with Gasteiger partial charge >= 0.3 is 0 Å². The summed E-state index contributed by atoms with van der Waals surface area (Å²) in [7, 11) is 4.18. The molecule has 0 spiro atoms. The van der Waals surface area contributed by atoms with Crippen molar-refractivity contribution in [1.29, 1.82) is 0 Å². The molecule has 19 heavy (non-hydrogen) atoms. The van der Waals surface area contributed by atoms with E-state index in [1.165, 1.54) is 12.0 Å². The lowest BCUT2D eigenvalue weighted by Gasteiger charge is -2.38. The van der Waals surface area contributed by atoms with Gasteiger partial charge < -0.3 is 14.6 Å². The first kappa shape index (κ1) is 14.6. The van der Waals surface area contributed by atoms with Gasteiger partial charge in [-0.15, -0.1) is 0 Å². The Balaban J connectivity index is 1.95. The van der Waals surface area contributed by atoms with Gasteiger partial charge in [-0.05, 0) is 39.1 Å². The largest absolute Gasteiger partial charge is 0.463 e. The summed E-state index contributed by atoms with van der Waals surface area (Å²) in [5.41, 5.74) is 1.26. The van der Waals surface area contributed by atoms with Crippen molar-refractivity contribution in [2.45, 2.75) is 39.4 Å². The lowest BCUT2D eigenvalue weighted by molar-refractivity contribution is 0.0832. The Morgan fingerprint density at radius 3 is 2.89 bits per heavy atom. The second-order valence-electron chi connectivity index (χ2n) is 5.63. The van der Waals surface area contributed by atoms with Gasteiger partial charge in [-0.25, -0.2) is 0 Å². The molecule has 1 aliphatic heterocycles. The predicted octanol–water partition coefficient (Wildman–Crippen LogP) is 1.83. The van der Waals surface area contributed by atoms with Crippen molar-refractivity contribution in [3.8, 4) is 0 Å². The zero-order chi connectivity index (χ0) is 13.8. The number of aryl methyl sites for hydroxylation is 1. The van der Waals surface area contributed by atoms with Crippen molar-refractivity contribution in [2.75, 3.05) is 33.7 Å². The minimum atomic E-state index is 0.682. The maximum Gasteiger partial charge on any atom is 0.120 e. The van der Waals surface area contributed by atoms with Crippen molar-refractivity contribution in [3.63, 3.8) is 0 Å². The molecule has 0 aliphatic carbocycles. The Bertz CT molecular complexity index is 402. The standard InChI is InChI=1S/C15H27N3O/c1-5-13-10-18(7-6-17(13)4)11-14-8-12(2)15(19-14)9-16-3/h8,13,16H,5-7,9-11H2,1-4H3. The van der Waals surface area contributed by atoms with Gasteiger partial charge in [0, 0.05) is 25.7 Å². The fourth-order valence-electron chi connectivity index (χ4n) is 2.82. The molecule has 1 aliphatic rings. The molecule has 1 N–H and O–H groups in total. The molecule has 2 rings (SSSR count). The highest BCUT2D eigenvalue weighted by Gasteiger charge is 2.23. The van der Waals surface area contributed by atoms with Crippen molar-refractivity contribution in [1.82, 2.24) is 15.1 Å². The summed E-state index contributed by atoms with van der Waals surface area (Å²) in [5.74, 6) is 2.17. The van der Waals surface area contributed by atoms with E-state index in [4.69, 9.17) is 4.42 Å². The monoisotopic (exact) mass is 265 g/mol. The molecule has 4 heteroatoms. The summed E-state index contributed by atoms with van der Waals surface area (Å²) >= 11 is 0. The molecule has 0 saturated carbocycles. The van der Waals surface area contributed by atoms with Crippen LogP contribution in [0.15, 0.2) is 10.5 Å². The van der Waals surface area contributed by atoms with Crippen LogP contribution in [0.5, 0.6) is 0 Å². The van der Waals surface area contributed by atoms with E-state index in [0.717, 1.165) is 44.2 Å². The molecule has 2 heterocycles. The highest BCUT2D eigenvalue weighted by Crippen LogP contribution is 2.18. The Morgan fingerprint density at radius 2 is 2.21 bits per heavy atom. The zero-order valence-electron chi connectivity index (χ0n) is 12.7. The molecule has 0 aromatic carbocycles. The minimum absolute atomic E-state index is 0.682. The Labute approximate surface area is 116 Å². The Hall–Kier alpha value is -0.840. The molecule has 0 bridgehead atoms. The van der Waals surface area contributed by atoms with Gasteiger partial charge in [0.05, 0.1) is 13.1 Å². The summed E-state index contributed by atoms with van der Waals surface area (Å²) in [6, 6.07) is 2.87. The second-order valence-corrected chi connectivity index (χ2v) is 5.63. The summed E-state index contributed by atoms with van der Waals surface area (Å²) in [4.78, 5) is 4.98. The molecular formula is C15H27N3O. The first-order valence-corrected chi connectivity index (χ1v) is 7.29. The van der Waals surface area contributed by atoms with Gasteiger partial charge in [0.25, 0.3) is 0 Å². The maximum absolute atomic E-state index is 5.94.